The Morgan fingerprint density at radius 1 is 1.25 bits per heavy atom. The van der Waals surface area contributed by atoms with Gasteiger partial charge in [-0.15, -0.1) is 12.4 Å². The van der Waals surface area contributed by atoms with Crippen molar-refractivity contribution in [3.05, 3.63) is 22.2 Å². The lowest BCUT2D eigenvalue weighted by Crippen LogP contribution is -2.18. The highest BCUT2D eigenvalue weighted by Gasteiger charge is 2.10. The summed E-state index contributed by atoms with van der Waals surface area (Å²) >= 11 is 3.41. The van der Waals surface area contributed by atoms with Gasteiger partial charge in [0.2, 0.25) is 0 Å². The fourth-order valence-electron chi connectivity index (χ4n) is 1.43. The molecule has 92 valence electrons. The zero-order valence-corrected chi connectivity index (χ0v) is 12.0. The minimum Gasteiger partial charge on any atom is -0.496 e. The normalized spacial score (nSPS) is 11.6. The van der Waals surface area contributed by atoms with Crippen LogP contribution in [-0.2, 0) is 6.42 Å². The summed E-state index contributed by atoms with van der Waals surface area (Å²) in [5.41, 5.74) is 6.83. The molecule has 0 saturated carbocycles. The predicted octanol–water partition coefficient (Wildman–Crippen LogP) is 2.78. The molecule has 0 aliphatic heterocycles. The van der Waals surface area contributed by atoms with Crippen molar-refractivity contribution in [2.24, 2.45) is 5.73 Å². The van der Waals surface area contributed by atoms with E-state index in [0.29, 0.717) is 0 Å². The van der Waals surface area contributed by atoms with Gasteiger partial charge in [0.25, 0.3) is 0 Å². The summed E-state index contributed by atoms with van der Waals surface area (Å²) in [5, 5.41) is 0. The minimum absolute atomic E-state index is 0. The van der Waals surface area contributed by atoms with E-state index < -0.39 is 0 Å². The standard InChI is InChI=1S/C11H16BrNO2.ClH/c1-7(13)4-8-5-11(15-3)9(12)6-10(8)14-2;/h5-7H,4,13H2,1-3H3;1H/t7-;/m0./s1. The Bertz CT molecular complexity index is 345. The molecule has 0 aliphatic carbocycles. The van der Waals surface area contributed by atoms with Gasteiger partial charge < -0.3 is 15.2 Å². The maximum Gasteiger partial charge on any atom is 0.133 e. The fraction of sp³-hybridized carbons (Fsp3) is 0.455. The summed E-state index contributed by atoms with van der Waals surface area (Å²) in [6.45, 7) is 1.97. The minimum atomic E-state index is 0. The molecule has 0 aliphatic rings. The van der Waals surface area contributed by atoms with Crippen LogP contribution in [0.2, 0.25) is 0 Å². The molecule has 0 amide bonds. The van der Waals surface area contributed by atoms with Gasteiger partial charge in [0.1, 0.15) is 11.5 Å². The van der Waals surface area contributed by atoms with Crippen LogP contribution in [0.25, 0.3) is 0 Å². The average Bonchev–Trinajstić information content (AvgIpc) is 2.19. The van der Waals surface area contributed by atoms with Crippen LogP contribution < -0.4 is 15.2 Å². The SMILES string of the molecule is COc1cc(C[C@H](C)N)c(OC)cc1Br.Cl. The van der Waals surface area contributed by atoms with Crippen LogP contribution >= 0.6 is 28.3 Å². The smallest absolute Gasteiger partial charge is 0.133 e. The highest BCUT2D eigenvalue weighted by Crippen LogP contribution is 2.33. The van der Waals surface area contributed by atoms with Crippen molar-refractivity contribution >= 4 is 28.3 Å². The van der Waals surface area contributed by atoms with Gasteiger partial charge in [-0.3, -0.25) is 0 Å². The van der Waals surface area contributed by atoms with Gasteiger partial charge >= 0.3 is 0 Å². The van der Waals surface area contributed by atoms with E-state index in [1.807, 2.05) is 19.1 Å². The van der Waals surface area contributed by atoms with E-state index in [1.54, 1.807) is 14.2 Å². The number of hydrogen-bond acceptors (Lipinski definition) is 3. The van der Waals surface area contributed by atoms with Crippen LogP contribution in [0.3, 0.4) is 0 Å². The average molecular weight is 311 g/mol. The first-order chi connectivity index (χ1) is 7.08. The molecule has 0 aromatic heterocycles. The fourth-order valence-corrected chi connectivity index (χ4v) is 1.91. The molecular weight excluding hydrogens is 293 g/mol. The van der Waals surface area contributed by atoms with Crippen LogP contribution in [0.5, 0.6) is 11.5 Å². The molecule has 0 heterocycles. The number of halogens is 2. The first-order valence-corrected chi connectivity index (χ1v) is 5.53. The molecule has 0 bridgehead atoms. The van der Waals surface area contributed by atoms with Crippen molar-refractivity contribution in [2.45, 2.75) is 19.4 Å². The highest BCUT2D eigenvalue weighted by molar-refractivity contribution is 9.10. The summed E-state index contributed by atoms with van der Waals surface area (Å²) in [5.74, 6) is 1.63. The molecule has 0 spiro atoms. The first-order valence-electron chi connectivity index (χ1n) is 4.74. The molecule has 5 heteroatoms. The third-order valence-corrected chi connectivity index (χ3v) is 2.72. The number of methoxy groups -OCH3 is 2. The van der Waals surface area contributed by atoms with Gasteiger partial charge in [0.05, 0.1) is 18.7 Å². The summed E-state index contributed by atoms with van der Waals surface area (Å²) in [6.07, 6.45) is 0.771. The third-order valence-electron chi connectivity index (χ3n) is 2.10. The van der Waals surface area contributed by atoms with Gasteiger partial charge in [-0.1, -0.05) is 0 Å². The van der Waals surface area contributed by atoms with E-state index in [0.717, 1.165) is 28.0 Å². The molecular formula is C11H17BrClNO2. The van der Waals surface area contributed by atoms with Gasteiger partial charge in [-0.05, 0) is 47.0 Å². The van der Waals surface area contributed by atoms with Crippen LogP contribution in [0.1, 0.15) is 12.5 Å². The van der Waals surface area contributed by atoms with E-state index in [-0.39, 0.29) is 18.4 Å². The predicted molar refractivity (Wildman–Crippen MR) is 71.8 cm³/mol. The Kier molecular flexibility index (Phi) is 6.79. The highest BCUT2D eigenvalue weighted by atomic mass is 79.9. The van der Waals surface area contributed by atoms with E-state index >= 15 is 0 Å². The monoisotopic (exact) mass is 309 g/mol. The van der Waals surface area contributed by atoms with Crippen LogP contribution in [0.4, 0.5) is 0 Å². The van der Waals surface area contributed by atoms with E-state index in [1.165, 1.54) is 0 Å². The lowest BCUT2D eigenvalue weighted by molar-refractivity contribution is 0.395. The lowest BCUT2D eigenvalue weighted by atomic mass is 10.1. The Morgan fingerprint density at radius 3 is 2.25 bits per heavy atom. The molecule has 2 N–H and O–H groups in total. The first kappa shape index (κ1) is 15.5. The van der Waals surface area contributed by atoms with E-state index in [4.69, 9.17) is 15.2 Å². The maximum atomic E-state index is 5.77. The summed E-state index contributed by atoms with van der Waals surface area (Å²) in [7, 11) is 3.29. The quantitative estimate of drug-likeness (QED) is 0.930. The molecule has 0 unspecified atom stereocenters. The number of ether oxygens (including phenoxy) is 2. The second kappa shape index (κ2) is 6.99. The second-order valence-corrected chi connectivity index (χ2v) is 4.33. The Hall–Kier alpha value is -0.450. The summed E-state index contributed by atoms with van der Waals surface area (Å²) in [4.78, 5) is 0. The molecule has 0 saturated heterocycles. The van der Waals surface area contributed by atoms with Crippen molar-refractivity contribution in [1.29, 1.82) is 0 Å². The van der Waals surface area contributed by atoms with E-state index in [2.05, 4.69) is 15.9 Å². The van der Waals surface area contributed by atoms with Crippen molar-refractivity contribution in [3.8, 4) is 11.5 Å². The van der Waals surface area contributed by atoms with Crippen molar-refractivity contribution < 1.29 is 9.47 Å². The number of nitrogens with two attached hydrogens (primary N) is 1. The molecule has 0 fully saturated rings. The van der Waals surface area contributed by atoms with E-state index in [9.17, 15) is 0 Å². The van der Waals surface area contributed by atoms with Crippen molar-refractivity contribution in [3.63, 3.8) is 0 Å². The zero-order valence-electron chi connectivity index (χ0n) is 9.62. The largest absolute Gasteiger partial charge is 0.496 e. The third kappa shape index (κ3) is 3.85. The zero-order chi connectivity index (χ0) is 11.4. The summed E-state index contributed by atoms with van der Waals surface area (Å²) in [6, 6.07) is 3.95. The van der Waals surface area contributed by atoms with Crippen molar-refractivity contribution in [2.75, 3.05) is 14.2 Å². The Labute approximate surface area is 111 Å². The van der Waals surface area contributed by atoms with Gasteiger partial charge in [-0.25, -0.2) is 0 Å². The van der Waals surface area contributed by atoms with Gasteiger partial charge in [-0.2, -0.15) is 0 Å². The van der Waals surface area contributed by atoms with Crippen LogP contribution in [0, 0.1) is 0 Å². The molecule has 1 aromatic carbocycles. The molecule has 1 atom stereocenters. The number of benzene rings is 1. The molecule has 0 radical (unpaired) electrons. The molecule has 16 heavy (non-hydrogen) atoms. The lowest BCUT2D eigenvalue weighted by Gasteiger charge is -2.13. The van der Waals surface area contributed by atoms with Crippen LogP contribution in [0.15, 0.2) is 16.6 Å². The maximum absolute atomic E-state index is 5.77. The second-order valence-electron chi connectivity index (χ2n) is 3.48. The summed E-state index contributed by atoms with van der Waals surface area (Å²) < 4.78 is 11.4. The topological polar surface area (TPSA) is 44.5 Å². The van der Waals surface area contributed by atoms with Crippen molar-refractivity contribution in [1.82, 2.24) is 0 Å². The van der Waals surface area contributed by atoms with Gasteiger partial charge in [0.15, 0.2) is 0 Å². The number of rotatable bonds is 4. The van der Waals surface area contributed by atoms with Gasteiger partial charge in [0, 0.05) is 6.04 Å². The molecule has 3 nitrogen and oxygen atoms in total. The Balaban J connectivity index is 0.00000225. The molecule has 1 rings (SSSR count). The molecule has 1 aromatic rings. The van der Waals surface area contributed by atoms with Crippen LogP contribution in [-0.4, -0.2) is 20.3 Å². The number of hydrogen-bond donors (Lipinski definition) is 1. The Morgan fingerprint density at radius 2 is 1.81 bits per heavy atom.